The lowest BCUT2D eigenvalue weighted by atomic mass is 9.60. The highest BCUT2D eigenvalue weighted by atomic mass is 19.2. The van der Waals surface area contributed by atoms with Gasteiger partial charge in [0.1, 0.15) is 29.0 Å². The molecule has 0 saturated heterocycles. The van der Waals surface area contributed by atoms with Crippen LogP contribution in [0, 0.1) is 11.6 Å². The topological polar surface area (TPSA) is 9.23 Å². The number of alkyl halides is 2. The largest absolute Gasteiger partial charge is 0.497 e. The number of methoxy groups -OCH3 is 1. The van der Waals surface area contributed by atoms with E-state index in [0.29, 0.717) is 6.92 Å². The summed E-state index contributed by atoms with van der Waals surface area (Å²) >= 11 is 0. The minimum absolute atomic E-state index is 0.118. The zero-order valence-corrected chi connectivity index (χ0v) is 11.7. The predicted molar refractivity (Wildman–Crippen MR) is 71.4 cm³/mol. The summed E-state index contributed by atoms with van der Waals surface area (Å²) in [5.74, 6) is -5.42. The maximum Gasteiger partial charge on any atom is 0.207 e. The van der Waals surface area contributed by atoms with Gasteiger partial charge in [0.2, 0.25) is 7.28 Å². The van der Waals surface area contributed by atoms with E-state index >= 15 is 0 Å². The third-order valence-corrected chi connectivity index (χ3v) is 3.41. The first-order valence-corrected chi connectivity index (χ1v) is 6.29. The summed E-state index contributed by atoms with van der Waals surface area (Å²) in [6, 6.07) is 1.65. The van der Waals surface area contributed by atoms with Gasteiger partial charge in [-0.25, -0.2) is 26.3 Å². The van der Waals surface area contributed by atoms with Crippen LogP contribution < -0.4 is 10.2 Å². The molecule has 0 aliphatic heterocycles. The van der Waals surface area contributed by atoms with Crippen molar-refractivity contribution in [3.8, 4) is 5.75 Å². The summed E-state index contributed by atoms with van der Waals surface area (Å²) in [5, 5.41) is 0. The molecule has 118 valence electrons. The van der Waals surface area contributed by atoms with Crippen LogP contribution >= 0.6 is 0 Å². The SMILES string of the molecule is COc1cc(F)c(BC2=C(F)C(F)C(C)(F)C=C2F)c(F)c1. The molecule has 0 bridgehead atoms. The monoisotopic (exact) mass is 320 g/mol. The molecule has 1 aromatic rings. The quantitative estimate of drug-likeness (QED) is 0.614. The van der Waals surface area contributed by atoms with Crippen molar-refractivity contribution in [3.63, 3.8) is 0 Å². The van der Waals surface area contributed by atoms with Crippen molar-refractivity contribution < 1.29 is 31.1 Å². The highest BCUT2D eigenvalue weighted by Gasteiger charge is 2.42. The van der Waals surface area contributed by atoms with Crippen LogP contribution in [0.1, 0.15) is 6.92 Å². The lowest BCUT2D eigenvalue weighted by Crippen LogP contribution is -2.36. The number of rotatable bonds is 3. The Morgan fingerprint density at radius 2 is 1.68 bits per heavy atom. The molecule has 2 rings (SSSR count). The Morgan fingerprint density at radius 1 is 1.14 bits per heavy atom. The number of hydrogen-bond donors (Lipinski definition) is 0. The molecule has 1 aliphatic carbocycles. The van der Waals surface area contributed by atoms with E-state index in [1.165, 1.54) is 7.11 Å². The predicted octanol–water partition coefficient (Wildman–Crippen LogP) is 3.15. The van der Waals surface area contributed by atoms with Crippen molar-refractivity contribution in [2.75, 3.05) is 7.11 Å². The van der Waals surface area contributed by atoms with Crippen LogP contribution in [0.2, 0.25) is 0 Å². The maximum atomic E-state index is 13.8. The third-order valence-electron chi connectivity index (χ3n) is 3.41. The van der Waals surface area contributed by atoms with Gasteiger partial charge in [-0.05, 0) is 23.9 Å². The molecule has 0 N–H and O–H groups in total. The second-order valence-corrected chi connectivity index (χ2v) is 5.08. The van der Waals surface area contributed by atoms with Crippen LogP contribution in [0.4, 0.5) is 26.3 Å². The standard InChI is InChI=1S/C14H11BF6O/c1-14(21)5-9(18)11(12(19)13(14)20)15-10-7(16)3-6(22-2)4-8(10)17/h3-5,13,15H,1-2H3. The second-order valence-electron chi connectivity index (χ2n) is 5.08. The van der Waals surface area contributed by atoms with Gasteiger partial charge < -0.3 is 4.74 Å². The highest BCUT2D eigenvalue weighted by molar-refractivity contribution is 6.62. The molecule has 0 heterocycles. The van der Waals surface area contributed by atoms with Crippen molar-refractivity contribution in [2.45, 2.75) is 18.8 Å². The van der Waals surface area contributed by atoms with Gasteiger partial charge >= 0.3 is 0 Å². The van der Waals surface area contributed by atoms with E-state index in [4.69, 9.17) is 0 Å². The Kier molecular flexibility index (Phi) is 4.31. The van der Waals surface area contributed by atoms with Gasteiger partial charge in [-0.3, -0.25) is 0 Å². The number of halogens is 6. The molecule has 0 fully saturated rings. The summed E-state index contributed by atoms with van der Waals surface area (Å²) in [6.45, 7) is 0.669. The van der Waals surface area contributed by atoms with Crippen molar-refractivity contribution in [2.24, 2.45) is 0 Å². The fraction of sp³-hybridized carbons (Fsp3) is 0.286. The zero-order chi connectivity index (χ0) is 16.7. The van der Waals surface area contributed by atoms with E-state index in [1.807, 2.05) is 0 Å². The van der Waals surface area contributed by atoms with E-state index < -0.39 is 53.3 Å². The van der Waals surface area contributed by atoms with Crippen LogP contribution in [0.5, 0.6) is 5.75 Å². The van der Waals surface area contributed by atoms with Crippen LogP contribution in [0.3, 0.4) is 0 Å². The highest BCUT2D eigenvalue weighted by Crippen LogP contribution is 2.37. The lowest BCUT2D eigenvalue weighted by molar-refractivity contribution is 0.114. The van der Waals surface area contributed by atoms with E-state index in [2.05, 4.69) is 4.74 Å². The van der Waals surface area contributed by atoms with Gasteiger partial charge in [0, 0.05) is 12.1 Å². The van der Waals surface area contributed by atoms with E-state index in [1.54, 1.807) is 0 Å². The Morgan fingerprint density at radius 3 is 2.18 bits per heavy atom. The van der Waals surface area contributed by atoms with Gasteiger partial charge in [-0.15, -0.1) is 0 Å². The molecule has 0 radical (unpaired) electrons. The van der Waals surface area contributed by atoms with Crippen LogP contribution in [0.15, 0.2) is 35.3 Å². The number of benzene rings is 1. The van der Waals surface area contributed by atoms with Gasteiger partial charge in [0.15, 0.2) is 11.8 Å². The summed E-state index contributed by atoms with van der Waals surface area (Å²) in [6.07, 6.45) is -2.47. The number of allylic oxidation sites excluding steroid dienone is 4. The Labute approximate surface area is 123 Å². The maximum absolute atomic E-state index is 13.8. The molecule has 2 atom stereocenters. The molecule has 1 nitrogen and oxygen atoms in total. The average Bonchev–Trinajstić information content (AvgIpc) is 2.42. The second kappa shape index (κ2) is 5.74. The van der Waals surface area contributed by atoms with Crippen molar-refractivity contribution in [1.82, 2.24) is 0 Å². The smallest absolute Gasteiger partial charge is 0.207 e. The molecule has 0 spiro atoms. The van der Waals surface area contributed by atoms with Crippen molar-refractivity contribution >= 4 is 12.7 Å². The minimum Gasteiger partial charge on any atom is -0.497 e. The zero-order valence-electron chi connectivity index (χ0n) is 11.7. The fourth-order valence-corrected chi connectivity index (χ4v) is 2.14. The Bertz CT molecular complexity index is 644. The molecule has 2 unspecified atom stereocenters. The molecular formula is C14H11BF6O. The summed E-state index contributed by atoms with van der Waals surface area (Å²) in [4.78, 5) is 0. The van der Waals surface area contributed by atoms with Gasteiger partial charge in [0.25, 0.3) is 0 Å². The normalized spacial score (nSPS) is 25.1. The Balaban J connectivity index is 2.43. The summed E-state index contributed by atoms with van der Waals surface area (Å²) in [5.41, 5.74) is -4.43. The molecule has 0 saturated carbocycles. The van der Waals surface area contributed by atoms with E-state index in [0.717, 1.165) is 12.1 Å². The molecule has 0 aromatic heterocycles. The fourth-order valence-electron chi connectivity index (χ4n) is 2.14. The Hall–Kier alpha value is -1.86. The summed E-state index contributed by atoms with van der Waals surface area (Å²) < 4.78 is 86.9. The third kappa shape index (κ3) is 2.87. The first-order chi connectivity index (χ1) is 10.2. The molecule has 8 heteroatoms. The molecule has 0 amide bonds. The van der Waals surface area contributed by atoms with Crippen LogP contribution in [-0.2, 0) is 0 Å². The average molecular weight is 320 g/mol. The van der Waals surface area contributed by atoms with E-state index in [9.17, 15) is 26.3 Å². The molecular weight excluding hydrogens is 309 g/mol. The first kappa shape index (κ1) is 16.5. The van der Waals surface area contributed by atoms with Gasteiger partial charge in [0.05, 0.1) is 7.11 Å². The van der Waals surface area contributed by atoms with Crippen molar-refractivity contribution in [3.05, 3.63) is 47.0 Å². The van der Waals surface area contributed by atoms with Gasteiger partial charge in [-0.1, -0.05) is 0 Å². The van der Waals surface area contributed by atoms with Crippen molar-refractivity contribution in [1.29, 1.82) is 0 Å². The van der Waals surface area contributed by atoms with Crippen LogP contribution in [0.25, 0.3) is 0 Å². The summed E-state index contributed by atoms with van der Waals surface area (Å²) in [7, 11) is 0.307. The minimum atomic E-state index is -2.85. The van der Waals surface area contributed by atoms with E-state index in [-0.39, 0.29) is 11.8 Å². The number of hydrogen-bond acceptors (Lipinski definition) is 1. The first-order valence-electron chi connectivity index (χ1n) is 6.29. The lowest BCUT2D eigenvalue weighted by Gasteiger charge is -2.26. The molecule has 22 heavy (non-hydrogen) atoms. The van der Waals surface area contributed by atoms with Gasteiger partial charge in [-0.2, -0.15) is 0 Å². The van der Waals surface area contributed by atoms with Crippen LogP contribution in [-0.4, -0.2) is 26.2 Å². The molecule has 1 aliphatic rings. The number of ether oxygens (including phenoxy) is 1. The molecule has 1 aromatic carbocycles.